The quantitative estimate of drug-likeness (QED) is 0.813. The molecule has 2 rings (SSSR count). The number of nitrogens with zero attached hydrogens (tertiary/aromatic N) is 1. The Bertz CT molecular complexity index is 364. The zero-order valence-corrected chi connectivity index (χ0v) is 10.2. The van der Waals surface area contributed by atoms with Gasteiger partial charge in [-0.05, 0) is 37.1 Å². The number of Topliss-reactive ketones (excluding diaryl/α,β-unsaturated/α-hetero) is 1. The molecule has 1 aromatic rings. The average molecular weight is 232 g/mol. The van der Waals surface area contributed by atoms with E-state index in [4.69, 9.17) is 5.73 Å². The summed E-state index contributed by atoms with van der Waals surface area (Å²) < 4.78 is 0. The van der Waals surface area contributed by atoms with Crippen molar-refractivity contribution in [3.05, 3.63) is 29.8 Å². The van der Waals surface area contributed by atoms with E-state index >= 15 is 0 Å². The summed E-state index contributed by atoms with van der Waals surface area (Å²) >= 11 is 0. The highest BCUT2D eigenvalue weighted by molar-refractivity contribution is 5.97. The van der Waals surface area contributed by atoms with E-state index in [1.165, 1.54) is 31.4 Å². The van der Waals surface area contributed by atoms with Gasteiger partial charge in [-0.1, -0.05) is 12.8 Å². The fourth-order valence-electron chi connectivity index (χ4n) is 2.30. The van der Waals surface area contributed by atoms with Crippen molar-refractivity contribution in [1.82, 2.24) is 0 Å². The van der Waals surface area contributed by atoms with Gasteiger partial charge >= 0.3 is 0 Å². The molecule has 0 atom stereocenters. The van der Waals surface area contributed by atoms with E-state index in [-0.39, 0.29) is 12.3 Å². The number of anilines is 1. The van der Waals surface area contributed by atoms with Crippen molar-refractivity contribution < 1.29 is 4.79 Å². The first kappa shape index (κ1) is 12.1. The van der Waals surface area contributed by atoms with E-state index in [9.17, 15) is 4.79 Å². The zero-order valence-electron chi connectivity index (χ0n) is 10.2. The first-order chi connectivity index (χ1) is 8.31. The van der Waals surface area contributed by atoms with Gasteiger partial charge in [0.05, 0.1) is 6.54 Å². The van der Waals surface area contributed by atoms with Crippen molar-refractivity contribution in [3.8, 4) is 0 Å². The minimum Gasteiger partial charge on any atom is -0.372 e. The third kappa shape index (κ3) is 3.07. The summed E-state index contributed by atoms with van der Waals surface area (Å²) in [6.45, 7) is 2.34. The lowest BCUT2D eigenvalue weighted by molar-refractivity contribution is 0.100. The summed E-state index contributed by atoms with van der Waals surface area (Å²) in [7, 11) is 0. The minimum absolute atomic E-state index is 0.00687. The number of hydrogen-bond acceptors (Lipinski definition) is 3. The summed E-state index contributed by atoms with van der Waals surface area (Å²) in [5.41, 5.74) is 7.28. The molecular formula is C14H20N2O. The van der Waals surface area contributed by atoms with Gasteiger partial charge in [0.1, 0.15) is 0 Å². The molecule has 0 amide bonds. The normalized spacial score (nSPS) is 16.6. The van der Waals surface area contributed by atoms with Crippen LogP contribution < -0.4 is 10.6 Å². The van der Waals surface area contributed by atoms with E-state index < -0.39 is 0 Å². The van der Waals surface area contributed by atoms with E-state index in [0.717, 1.165) is 13.1 Å². The molecule has 0 spiro atoms. The maximum absolute atomic E-state index is 11.4. The maximum Gasteiger partial charge on any atom is 0.176 e. The summed E-state index contributed by atoms with van der Waals surface area (Å²) in [6.07, 6.45) is 5.20. The summed E-state index contributed by atoms with van der Waals surface area (Å²) in [5.74, 6) is 0.00687. The Morgan fingerprint density at radius 2 is 1.65 bits per heavy atom. The molecular weight excluding hydrogens is 212 g/mol. The van der Waals surface area contributed by atoms with Crippen LogP contribution in [-0.2, 0) is 0 Å². The van der Waals surface area contributed by atoms with Crippen LogP contribution in [0.15, 0.2) is 24.3 Å². The standard InChI is InChI=1S/C14H20N2O/c15-11-14(17)12-5-7-13(8-6-12)16-9-3-1-2-4-10-16/h5-8H,1-4,9-11,15H2. The highest BCUT2D eigenvalue weighted by Gasteiger charge is 2.10. The Balaban J connectivity index is 2.08. The number of hydrogen-bond donors (Lipinski definition) is 1. The molecule has 3 nitrogen and oxygen atoms in total. The van der Waals surface area contributed by atoms with E-state index in [0.29, 0.717) is 5.56 Å². The Kier molecular flexibility index (Phi) is 4.15. The van der Waals surface area contributed by atoms with Crippen LogP contribution in [0.4, 0.5) is 5.69 Å². The van der Waals surface area contributed by atoms with Crippen molar-refractivity contribution in [2.45, 2.75) is 25.7 Å². The molecule has 0 radical (unpaired) electrons. The van der Waals surface area contributed by atoms with E-state index in [1.54, 1.807) is 0 Å². The Labute approximate surface area is 103 Å². The van der Waals surface area contributed by atoms with Crippen LogP contribution in [0.5, 0.6) is 0 Å². The van der Waals surface area contributed by atoms with E-state index in [2.05, 4.69) is 4.90 Å². The van der Waals surface area contributed by atoms with Crippen molar-refractivity contribution in [1.29, 1.82) is 0 Å². The van der Waals surface area contributed by atoms with Crippen LogP contribution in [0.3, 0.4) is 0 Å². The topological polar surface area (TPSA) is 46.3 Å². The van der Waals surface area contributed by atoms with Gasteiger partial charge in [-0.2, -0.15) is 0 Å². The molecule has 0 bridgehead atoms. The third-order valence-corrected chi connectivity index (χ3v) is 3.35. The number of rotatable bonds is 3. The summed E-state index contributed by atoms with van der Waals surface area (Å²) in [5, 5.41) is 0. The highest BCUT2D eigenvalue weighted by Crippen LogP contribution is 2.20. The molecule has 0 unspecified atom stereocenters. The molecule has 1 heterocycles. The molecule has 0 aromatic heterocycles. The number of carbonyl (C=O) groups excluding carboxylic acids is 1. The molecule has 1 aliphatic heterocycles. The van der Waals surface area contributed by atoms with Gasteiger partial charge in [0, 0.05) is 24.3 Å². The SMILES string of the molecule is NCC(=O)c1ccc(N2CCCCCC2)cc1. The largest absolute Gasteiger partial charge is 0.372 e. The van der Waals surface area contributed by atoms with Gasteiger partial charge in [-0.25, -0.2) is 0 Å². The van der Waals surface area contributed by atoms with Gasteiger partial charge in [0.25, 0.3) is 0 Å². The Morgan fingerprint density at radius 1 is 1.06 bits per heavy atom. The van der Waals surface area contributed by atoms with Gasteiger partial charge in [0.15, 0.2) is 5.78 Å². The Hall–Kier alpha value is -1.35. The van der Waals surface area contributed by atoms with Crippen molar-refractivity contribution >= 4 is 11.5 Å². The summed E-state index contributed by atoms with van der Waals surface area (Å²) in [6, 6.07) is 7.84. The van der Waals surface area contributed by atoms with Gasteiger partial charge < -0.3 is 10.6 Å². The van der Waals surface area contributed by atoms with Crippen molar-refractivity contribution in [3.63, 3.8) is 0 Å². The van der Waals surface area contributed by atoms with Crippen LogP contribution in [0.2, 0.25) is 0 Å². The predicted molar refractivity (Wildman–Crippen MR) is 70.5 cm³/mol. The third-order valence-electron chi connectivity index (χ3n) is 3.35. The molecule has 1 aliphatic rings. The maximum atomic E-state index is 11.4. The molecule has 1 saturated heterocycles. The van der Waals surface area contributed by atoms with Crippen LogP contribution in [-0.4, -0.2) is 25.4 Å². The summed E-state index contributed by atoms with van der Waals surface area (Å²) in [4.78, 5) is 13.8. The monoisotopic (exact) mass is 232 g/mol. The van der Waals surface area contributed by atoms with Crippen LogP contribution in [0.1, 0.15) is 36.0 Å². The zero-order chi connectivity index (χ0) is 12.1. The lowest BCUT2D eigenvalue weighted by Crippen LogP contribution is -2.23. The second-order valence-corrected chi connectivity index (χ2v) is 4.58. The average Bonchev–Trinajstić information content (AvgIpc) is 2.67. The number of ketones is 1. The molecule has 0 aliphatic carbocycles. The molecule has 17 heavy (non-hydrogen) atoms. The lowest BCUT2D eigenvalue weighted by atomic mass is 10.1. The number of carbonyl (C=O) groups is 1. The van der Waals surface area contributed by atoms with Gasteiger partial charge in [-0.15, -0.1) is 0 Å². The molecule has 1 fully saturated rings. The molecule has 2 N–H and O–H groups in total. The van der Waals surface area contributed by atoms with Crippen molar-refractivity contribution in [2.75, 3.05) is 24.5 Å². The van der Waals surface area contributed by atoms with Crippen LogP contribution in [0.25, 0.3) is 0 Å². The van der Waals surface area contributed by atoms with Crippen LogP contribution >= 0.6 is 0 Å². The van der Waals surface area contributed by atoms with Crippen molar-refractivity contribution in [2.24, 2.45) is 5.73 Å². The predicted octanol–water partition coefficient (Wildman–Crippen LogP) is 2.21. The lowest BCUT2D eigenvalue weighted by Gasteiger charge is -2.22. The Morgan fingerprint density at radius 3 is 2.18 bits per heavy atom. The second-order valence-electron chi connectivity index (χ2n) is 4.58. The van der Waals surface area contributed by atoms with Crippen LogP contribution in [0, 0.1) is 0 Å². The molecule has 0 saturated carbocycles. The fourth-order valence-corrected chi connectivity index (χ4v) is 2.30. The van der Waals surface area contributed by atoms with E-state index in [1.807, 2.05) is 24.3 Å². The smallest absolute Gasteiger partial charge is 0.176 e. The minimum atomic E-state index is 0.00687. The molecule has 3 heteroatoms. The first-order valence-corrected chi connectivity index (χ1v) is 6.39. The molecule has 1 aromatic carbocycles. The second kappa shape index (κ2) is 5.82. The number of nitrogens with two attached hydrogens (primary N) is 1. The highest BCUT2D eigenvalue weighted by atomic mass is 16.1. The fraction of sp³-hybridized carbons (Fsp3) is 0.500. The first-order valence-electron chi connectivity index (χ1n) is 6.39. The molecule has 92 valence electrons. The number of benzene rings is 1. The van der Waals surface area contributed by atoms with Gasteiger partial charge in [0.2, 0.25) is 0 Å². The van der Waals surface area contributed by atoms with Gasteiger partial charge in [-0.3, -0.25) is 4.79 Å².